The largest absolute Gasteiger partial charge is 0.333 e. The van der Waals surface area contributed by atoms with E-state index in [0.29, 0.717) is 5.69 Å². The number of amides is 2. The number of hydrogen-bond acceptors (Lipinski definition) is 3. The molecule has 5 nitrogen and oxygen atoms in total. The molecule has 2 amide bonds. The maximum atomic E-state index is 11.8. The molecule has 0 radical (unpaired) electrons. The van der Waals surface area contributed by atoms with Crippen molar-refractivity contribution in [2.24, 2.45) is 0 Å². The van der Waals surface area contributed by atoms with Gasteiger partial charge in [0.15, 0.2) is 9.84 Å². The van der Waals surface area contributed by atoms with Crippen molar-refractivity contribution in [1.29, 1.82) is 0 Å². The number of rotatable bonds is 2. The first kappa shape index (κ1) is 14.1. The third-order valence-corrected chi connectivity index (χ3v) is 5.37. The number of nitrogens with one attached hydrogen (secondary N) is 2. The summed E-state index contributed by atoms with van der Waals surface area (Å²) in [5, 5.41) is 4.70. The smallest absolute Gasteiger partial charge is 0.319 e. The van der Waals surface area contributed by atoms with Gasteiger partial charge in [-0.25, -0.2) is 13.2 Å². The van der Waals surface area contributed by atoms with Crippen molar-refractivity contribution >= 4 is 33.2 Å². The van der Waals surface area contributed by atoms with Gasteiger partial charge in [0, 0.05) is 5.69 Å². The van der Waals surface area contributed by atoms with Gasteiger partial charge in [-0.2, -0.15) is 0 Å². The number of aryl methyl sites for hydroxylation is 1. The third-order valence-electron chi connectivity index (χ3n) is 2.99. The Hall–Kier alpha value is -1.27. The van der Waals surface area contributed by atoms with Crippen LogP contribution in [0.1, 0.15) is 5.56 Å². The number of hydrogen-bond donors (Lipinski definition) is 2. The van der Waals surface area contributed by atoms with Crippen LogP contribution in [0, 0.1) is 6.92 Å². The Labute approximate surface area is 117 Å². The summed E-state index contributed by atoms with van der Waals surface area (Å²) in [5.41, 5.74) is 1.62. The summed E-state index contributed by atoms with van der Waals surface area (Å²) in [7, 11) is -3.15. The first-order valence-corrected chi connectivity index (χ1v) is 8.11. The molecule has 0 spiro atoms. The molecule has 7 heteroatoms. The molecule has 0 aliphatic carbocycles. The van der Waals surface area contributed by atoms with Crippen LogP contribution in [-0.2, 0) is 9.84 Å². The van der Waals surface area contributed by atoms with E-state index in [1.54, 1.807) is 6.07 Å². The summed E-state index contributed by atoms with van der Waals surface area (Å²) in [6.07, 6.45) is 0. The molecule has 1 aromatic carbocycles. The quantitative estimate of drug-likeness (QED) is 0.813. The summed E-state index contributed by atoms with van der Waals surface area (Å²) in [4.78, 5) is 11.8. The van der Waals surface area contributed by atoms with Crippen LogP contribution in [-0.4, -0.2) is 37.4 Å². The summed E-state index contributed by atoms with van der Waals surface area (Å²) < 4.78 is 22.8. The average Bonchev–Trinajstić information content (AvgIpc) is 2.55. The lowest BCUT2D eigenvalue weighted by molar-refractivity contribution is 0.249. The van der Waals surface area contributed by atoms with Crippen molar-refractivity contribution in [1.82, 2.24) is 5.32 Å². The normalized spacial score (nSPS) is 24.9. The van der Waals surface area contributed by atoms with E-state index >= 15 is 0 Å². The van der Waals surface area contributed by atoms with E-state index in [0.717, 1.165) is 5.56 Å². The highest BCUT2D eigenvalue weighted by molar-refractivity contribution is 7.91. The Bertz CT molecular complexity index is 588. The van der Waals surface area contributed by atoms with E-state index < -0.39 is 27.3 Å². The zero-order valence-electron chi connectivity index (χ0n) is 10.4. The lowest BCUT2D eigenvalue weighted by atomic mass is 10.2. The SMILES string of the molecule is Cc1ccccc1NC(=O)N[C@H]1CS(=O)(=O)C[C@H]1Cl. The molecule has 2 N–H and O–H groups in total. The molecular weight excluding hydrogens is 288 g/mol. The van der Waals surface area contributed by atoms with Gasteiger partial charge in [0.05, 0.1) is 22.9 Å². The summed E-state index contributed by atoms with van der Waals surface area (Å²) in [5.74, 6) is -0.202. The monoisotopic (exact) mass is 302 g/mol. The van der Waals surface area contributed by atoms with Gasteiger partial charge in [-0.15, -0.1) is 11.6 Å². The Morgan fingerprint density at radius 3 is 2.58 bits per heavy atom. The molecule has 104 valence electrons. The number of carbonyl (C=O) groups is 1. The van der Waals surface area contributed by atoms with Crippen molar-refractivity contribution in [3.05, 3.63) is 29.8 Å². The molecule has 0 unspecified atom stereocenters. The van der Waals surface area contributed by atoms with Gasteiger partial charge < -0.3 is 10.6 Å². The van der Waals surface area contributed by atoms with Gasteiger partial charge in [-0.1, -0.05) is 18.2 Å². The van der Waals surface area contributed by atoms with E-state index in [1.165, 1.54) is 0 Å². The fraction of sp³-hybridized carbons (Fsp3) is 0.417. The minimum absolute atomic E-state index is 0.0934. The molecule has 1 aliphatic heterocycles. The van der Waals surface area contributed by atoms with Crippen LogP contribution in [0.2, 0.25) is 0 Å². The zero-order chi connectivity index (χ0) is 14.0. The minimum atomic E-state index is -3.15. The van der Waals surface area contributed by atoms with Gasteiger partial charge in [0.2, 0.25) is 0 Å². The molecule has 1 heterocycles. The van der Waals surface area contributed by atoms with Crippen molar-refractivity contribution < 1.29 is 13.2 Å². The maximum Gasteiger partial charge on any atom is 0.319 e. The van der Waals surface area contributed by atoms with Gasteiger partial charge in [-0.3, -0.25) is 0 Å². The second kappa shape index (κ2) is 5.38. The summed E-state index contributed by atoms with van der Waals surface area (Å²) in [6, 6.07) is 6.35. The number of alkyl halides is 1. The molecular formula is C12H15ClN2O3S. The first-order chi connectivity index (χ1) is 8.87. The average molecular weight is 303 g/mol. The fourth-order valence-electron chi connectivity index (χ4n) is 1.98. The Morgan fingerprint density at radius 2 is 2.00 bits per heavy atom. The second-order valence-corrected chi connectivity index (χ2v) is 7.33. The molecule has 0 aromatic heterocycles. The number of urea groups is 1. The number of halogens is 1. The number of para-hydroxylation sites is 1. The number of anilines is 1. The Morgan fingerprint density at radius 1 is 1.32 bits per heavy atom. The topological polar surface area (TPSA) is 75.3 Å². The van der Waals surface area contributed by atoms with Crippen molar-refractivity contribution in [2.45, 2.75) is 18.3 Å². The van der Waals surface area contributed by atoms with Crippen LogP contribution in [0.4, 0.5) is 10.5 Å². The molecule has 19 heavy (non-hydrogen) atoms. The third kappa shape index (κ3) is 3.61. The van der Waals surface area contributed by atoms with E-state index in [4.69, 9.17) is 11.6 Å². The second-order valence-electron chi connectivity index (χ2n) is 4.61. The van der Waals surface area contributed by atoms with Gasteiger partial charge in [0.25, 0.3) is 0 Å². The summed E-state index contributed by atoms with van der Waals surface area (Å²) in [6.45, 7) is 1.87. The lowest BCUT2D eigenvalue weighted by Gasteiger charge is -2.15. The van der Waals surface area contributed by atoms with E-state index in [9.17, 15) is 13.2 Å². The van der Waals surface area contributed by atoms with Crippen LogP contribution in [0.5, 0.6) is 0 Å². The minimum Gasteiger partial charge on any atom is -0.333 e. The van der Waals surface area contributed by atoms with E-state index in [1.807, 2.05) is 25.1 Å². The first-order valence-electron chi connectivity index (χ1n) is 5.85. The van der Waals surface area contributed by atoms with Crippen molar-refractivity contribution in [3.63, 3.8) is 0 Å². The molecule has 2 atom stereocenters. The lowest BCUT2D eigenvalue weighted by Crippen LogP contribution is -2.43. The Balaban J connectivity index is 1.98. The van der Waals surface area contributed by atoms with Crippen LogP contribution in [0.15, 0.2) is 24.3 Å². The molecule has 0 bridgehead atoms. The van der Waals surface area contributed by atoms with E-state index in [2.05, 4.69) is 10.6 Å². The Kier molecular flexibility index (Phi) is 4.01. The predicted molar refractivity (Wildman–Crippen MR) is 75.4 cm³/mol. The molecule has 0 saturated carbocycles. The molecule has 1 saturated heterocycles. The maximum absolute atomic E-state index is 11.8. The molecule has 1 aromatic rings. The zero-order valence-corrected chi connectivity index (χ0v) is 12.0. The van der Waals surface area contributed by atoms with Crippen molar-refractivity contribution in [2.75, 3.05) is 16.8 Å². The van der Waals surface area contributed by atoms with Crippen molar-refractivity contribution in [3.8, 4) is 0 Å². The number of carbonyl (C=O) groups excluding carboxylic acids is 1. The fourth-order valence-corrected chi connectivity index (χ4v) is 4.53. The van der Waals surface area contributed by atoms with Gasteiger partial charge >= 0.3 is 6.03 Å². The molecule has 1 aliphatic rings. The van der Waals surface area contributed by atoms with Crippen LogP contribution in [0.3, 0.4) is 0 Å². The predicted octanol–water partition coefficient (Wildman–Crippen LogP) is 1.52. The van der Waals surface area contributed by atoms with Crippen LogP contribution < -0.4 is 10.6 Å². The van der Waals surface area contributed by atoms with Crippen LogP contribution in [0.25, 0.3) is 0 Å². The summed E-state index contributed by atoms with van der Waals surface area (Å²) >= 11 is 5.92. The van der Waals surface area contributed by atoms with E-state index in [-0.39, 0.29) is 11.5 Å². The highest BCUT2D eigenvalue weighted by Gasteiger charge is 2.37. The number of sulfone groups is 1. The standard InChI is InChI=1S/C12H15ClN2O3S/c1-8-4-2-3-5-10(8)14-12(16)15-11-7-19(17,18)6-9(11)13/h2-5,9,11H,6-7H2,1H3,(H2,14,15,16)/t9-,11+/m1/s1. The molecule has 1 fully saturated rings. The molecule has 2 rings (SSSR count). The number of benzene rings is 1. The van der Waals surface area contributed by atoms with Gasteiger partial charge in [0.1, 0.15) is 0 Å². The van der Waals surface area contributed by atoms with Crippen LogP contribution >= 0.6 is 11.6 Å². The van der Waals surface area contributed by atoms with Gasteiger partial charge in [-0.05, 0) is 18.6 Å². The highest BCUT2D eigenvalue weighted by Crippen LogP contribution is 2.18. The highest BCUT2D eigenvalue weighted by atomic mass is 35.5.